The van der Waals surface area contributed by atoms with Crippen LogP contribution in [0.3, 0.4) is 0 Å². The van der Waals surface area contributed by atoms with Gasteiger partial charge >= 0.3 is 0 Å². The second-order valence-electron chi connectivity index (χ2n) is 5.44. The van der Waals surface area contributed by atoms with E-state index in [2.05, 4.69) is 11.9 Å². The predicted octanol–water partition coefficient (Wildman–Crippen LogP) is 1.13. The molecule has 0 saturated carbocycles. The summed E-state index contributed by atoms with van der Waals surface area (Å²) in [7, 11) is 3.44. The van der Waals surface area contributed by atoms with Gasteiger partial charge in [0.15, 0.2) is 0 Å². The second kappa shape index (κ2) is 5.17. The normalized spacial score (nSPS) is 16.9. The molecule has 1 aliphatic rings. The molecule has 19 heavy (non-hydrogen) atoms. The van der Waals surface area contributed by atoms with Gasteiger partial charge < -0.3 is 14.9 Å². The van der Waals surface area contributed by atoms with Crippen molar-refractivity contribution in [2.75, 3.05) is 32.1 Å². The number of aromatic nitrogens is 1. The summed E-state index contributed by atoms with van der Waals surface area (Å²) in [4.78, 5) is 19.6. The Bertz CT molecular complexity index is 450. The Morgan fingerprint density at radius 2 is 2.16 bits per heavy atom. The summed E-state index contributed by atoms with van der Waals surface area (Å²) >= 11 is 0. The van der Waals surface area contributed by atoms with Gasteiger partial charge in [-0.1, -0.05) is 13.3 Å². The van der Waals surface area contributed by atoms with E-state index in [1.165, 1.54) is 4.90 Å². The van der Waals surface area contributed by atoms with E-state index in [0.29, 0.717) is 18.7 Å². The summed E-state index contributed by atoms with van der Waals surface area (Å²) in [6.07, 6.45) is 3.39. The lowest BCUT2D eigenvalue weighted by molar-refractivity contribution is 0.00293. The smallest absolute Gasteiger partial charge is 0.254 e. The van der Waals surface area contributed by atoms with Gasteiger partial charge in [-0.05, 0) is 18.6 Å². The van der Waals surface area contributed by atoms with E-state index in [0.717, 1.165) is 18.7 Å². The maximum Gasteiger partial charge on any atom is 0.254 e. The molecule has 1 aromatic rings. The number of nitrogens with zero attached hydrogens (tertiary/aromatic N) is 3. The second-order valence-corrected chi connectivity index (χ2v) is 5.44. The van der Waals surface area contributed by atoms with E-state index < -0.39 is 5.60 Å². The van der Waals surface area contributed by atoms with Crippen molar-refractivity contribution in [1.82, 2.24) is 9.88 Å². The molecule has 0 spiro atoms. The molecule has 1 aromatic heterocycles. The number of carbonyl (C=O) groups excluding carboxylic acids is 1. The number of aliphatic hydroxyl groups is 1. The van der Waals surface area contributed by atoms with Crippen LogP contribution in [0.4, 0.5) is 5.82 Å². The number of pyridine rings is 1. The zero-order chi connectivity index (χ0) is 14.0. The molecule has 1 aliphatic heterocycles. The lowest BCUT2D eigenvalue weighted by Gasteiger charge is -2.47. The highest BCUT2D eigenvalue weighted by Crippen LogP contribution is 2.29. The highest BCUT2D eigenvalue weighted by Gasteiger charge is 2.40. The summed E-state index contributed by atoms with van der Waals surface area (Å²) in [5.41, 5.74) is 0.0206. The molecule has 0 radical (unpaired) electrons. The lowest BCUT2D eigenvalue weighted by Crippen LogP contribution is -2.62. The van der Waals surface area contributed by atoms with E-state index in [1.807, 2.05) is 11.0 Å². The number of amides is 1. The maximum absolute atomic E-state index is 11.7. The van der Waals surface area contributed by atoms with Gasteiger partial charge in [-0.3, -0.25) is 4.79 Å². The van der Waals surface area contributed by atoms with Crippen LogP contribution in [0.2, 0.25) is 0 Å². The molecule has 0 aliphatic carbocycles. The zero-order valence-corrected chi connectivity index (χ0v) is 11.8. The molecule has 1 fully saturated rings. The average molecular weight is 263 g/mol. The third-order valence-corrected chi connectivity index (χ3v) is 3.41. The molecule has 104 valence electrons. The Morgan fingerprint density at radius 3 is 2.63 bits per heavy atom. The third-order valence-electron chi connectivity index (χ3n) is 3.41. The number of rotatable bonds is 4. The molecule has 0 unspecified atom stereocenters. The number of hydrogen-bond donors (Lipinski definition) is 1. The van der Waals surface area contributed by atoms with Gasteiger partial charge in [-0.25, -0.2) is 4.98 Å². The SMILES string of the molecule is CCCC1(O)CN(c2ccc(C(=O)N(C)C)cn2)C1. The van der Waals surface area contributed by atoms with Crippen molar-refractivity contribution in [3.63, 3.8) is 0 Å². The molecule has 0 atom stereocenters. The van der Waals surface area contributed by atoms with Crippen LogP contribution in [0.25, 0.3) is 0 Å². The fraction of sp³-hybridized carbons (Fsp3) is 0.571. The first-order valence-electron chi connectivity index (χ1n) is 6.60. The third kappa shape index (κ3) is 2.87. The molecule has 0 bridgehead atoms. The molecular formula is C14H21N3O2. The molecule has 1 amide bonds. The Hall–Kier alpha value is -1.62. The quantitative estimate of drug-likeness (QED) is 0.885. The van der Waals surface area contributed by atoms with Gasteiger partial charge in [0.1, 0.15) is 5.82 Å². The zero-order valence-electron chi connectivity index (χ0n) is 11.8. The van der Waals surface area contributed by atoms with Crippen LogP contribution in [-0.2, 0) is 0 Å². The van der Waals surface area contributed by atoms with Crippen molar-refractivity contribution in [3.05, 3.63) is 23.9 Å². The van der Waals surface area contributed by atoms with Gasteiger partial charge in [-0.15, -0.1) is 0 Å². The van der Waals surface area contributed by atoms with Crippen LogP contribution in [0.15, 0.2) is 18.3 Å². The Kier molecular flexibility index (Phi) is 3.75. The Labute approximate surface area is 113 Å². The van der Waals surface area contributed by atoms with Crippen LogP contribution >= 0.6 is 0 Å². The minimum atomic E-state index is -0.561. The maximum atomic E-state index is 11.7. The van der Waals surface area contributed by atoms with Crippen molar-refractivity contribution in [1.29, 1.82) is 0 Å². The highest BCUT2D eigenvalue weighted by molar-refractivity contribution is 5.93. The van der Waals surface area contributed by atoms with E-state index in [9.17, 15) is 9.90 Å². The van der Waals surface area contributed by atoms with Crippen LogP contribution in [0.5, 0.6) is 0 Å². The molecule has 1 N–H and O–H groups in total. The van der Waals surface area contributed by atoms with Crippen LogP contribution in [0.1, 0.15) is 30.1 Å². The first kappa shape index (κ1) is 13.8. The summed E-state index contributed by atoms with van der Waals surface area (Å²) in [6, 6.07) is 3.62. The molecule has 1 saturated heterocycles. The van der Waals surface area contributed by atoms with Gasteiger partial charge in [-0.2, -0.15) is 0 Å². The average Bonchev–Trinajstić information content (AvgIpc) is 2.35. The van der Waals surface area contributed by atoms with Crippen molar-refractivity contribution in [2.24, 2.45) is 0 Å². The number of anilines is 1. The first-order chi connectivity index (χ1) is 8.95. The lowest BCUT2D eigenvalue weighted by atomic mass is 9.89. The van der Waals surface area contributed by atoms with E-state index in [4.69, 9.17) is 0 Å². The topological polar surface area (TPSA) is 56.7 Å². The fourth-order valence-electron chi connectivity index (χ4n) is 2.41. The number of hydrogen-bond acceptors (Lipinski definition) is 4. The standard InChI is InChI=1S/C14H21N3O2/c1-4-7-14(19)9-17(10-14)12-6-5-11(8-15-12)13(18)16(2)3/h5-6,8,19H,4,7,9-10H2,1-3H3. The van der Waals surface area contributed by atoms with Gasteiger partial charge in [0.05, 0.1) is 11.2 Å². The minimum Gasteiger partial charge on any atom is -0.386 e. The largest absolute Gasteiger partial charge is 0.386 e. The minimum absolute atomic E-state index is 0.0508. The highest BCUT2D eigenvalue weighted by atomic mass is 16.3. The van der Waals surface area contributed by atoms with E-state index in [-0.39, 0.29) is 5.91 Å². The number of carbonyl (C=O) groups is 1. The van der Waals surface area contributed by atoms with Crippen LogP contribution in [-0.4, -0.2) is 53.7 Å². The molecular weight excluding hydrogens is 242 g/mol. The van der Waals surface area contributed by atoms with Gasteiger partial charge in [0.25, 0.3) is 5.91 Å². The first-order valence-corrected chi connectivity index (χ1v) is 6.60. The van der Waals surface area contributed by atoms with Crippen molar-refractivity contribution < 1.29 is 9.90 Å². The monoisotopic (exact) mass is 263 g/mol. The summed E-state index contributed by atoms with van der Waals surface area (Å²) in [5, 5.41) is 10.1. The van der Waals surface area contributed by atoms with Gasteiger partial charge in [0.2, 0.25) is 0 Å². The number of β-amino-alcohol motifs (C(OH)–C–C–N with tert-alkyl or cyclic N) is 1. The predicted molar refractivity (Wildman–Crippen MR) is 74.3 cm³/mol. The summed E-state index contributed by atoms with van der Waals surface area (Å²) in [5.74, 6) is 0.765. The van der Waals surface area contributed by atoms with Crippen molar-refractivity contribution >= 4 is 11.7 Å². The van der Waals surface area contributed by atoms with E-state index >= 15 is 0 Å². The fourth-order valence-corrected chi connectivity index (χ4v) is 2.41. The Morgan fingerprint density at radius 1 is 1.47 bits per heavy atom. The van der Waals surface area contributed by atoms with Crippen molar-refractivity contribution in [2.45, 2.75) is 25.4 Å². The summed E-state index contributed by atoms with van der Waals surface area (Å²) < 4.78 is 0. The van der Waals surface area contributed by atoms with Crippen molar-refractivity contribution in [3.8, 4) is 0 Å². The van der Waals surface area contributed by atoms with E-state index in [1.54, 1.807) is 26.4 Å². The molecule has 5 nitrogen and oxygen atoms in total. The molecule has 5 heteroatoms. The molecule has 0 aromatic carbocycles. The summed E-state index contributed by atoms with van der Waals surface area (Å²) in [6.45, 7) is 3.31. The molecule has 2 heterocycles. The van der Waals surface area contributed by atoms with Gasteiger partial charge in [0, 0.05) is 33.4 Å². The molecule has 2 rings (SSSR count). The van der Waals surface area contributed by atoms with Crippen LogP contribution < -0.4 is 4.90 Å². The van der Waals surface area contributed by atoms with Crippen LogP contribution in [0, 0.1) is 0 Å². The Balaban J connectivity index is 1.99.